The van der Waals surface area contributed by atoms with Crippen LogP contribution in [0.25, 0.3) is 10.9 Å². The fourth-order valence-corrected chi connectivity index (χ4v) is 4.17. The van der Waals surface area contributed by atoms with E-state index in [-0.39, 0.29) is 30.5 Å². The van der Waals surface area contributed by atoms with Gasteiger partial charge in [-0.25, -0.2) is 4.79 Å². The summed E-state index contributed by atoms with van der Waals surface area (Å²) in [5.74, 6) is -0.485. The Morgan fingerprint density at radius 3 is 2.46 bits per heavy atom. The molecule has 0 aliphatic carbocycles. The van der Waals surface area contributed by atoms with E-state index in [2.05, 4.69) is 10.3 Å². The van der Waals surface area contributed by atoms with Gasteiger partial charge in [-0.1, -0.05) is 24.3 Å². The zero-order chi connectivity index (χ0) is 25.0. The summed E-state index contributed by atoms with van der Waals surface area (Å²) in [7, 11) is 0. The Morgan fingerprint density at radius 2 is 1.77 bits per heavy atom. The molecular weight excluding hydrogens is 444 g/mol. The van der Waals surface area contributed by atoms with E-state index in [1.165, 1.54) is 4.90 Å². The van der Waals surface area contributed by atoms with E-state index in [1.54, 1.807) is 17.0 Å². The van der Waals surface area contributed by atoms with Crippen LogP contribution in [0, 0.1) is 0 Å². The SMILES string of the molecule is CC(C)(C)OC(=O)N1CCC(NC(=O)CN(C(=O)c2ccc3cc[nH]c3c2)c2ccccc2)CC1. The highest BCUT2D eigenvalue weighted by Gasteiger charge is 2.28. The predicted octanol–water partition coefficient (Wildman–Crippen LogP) is 4.33. The van der Waals surface area contributed by atoms with Gasteiger partial charge in [-0.05, 0) is 69.3 Å². The standard InChI is InChI=1S/C27H32N4O4/c1-27(2,3)35-26(34)30-15-12-21(13-16-30)29-24(32)18-31(22-7-5-4-6-8-22)25(33)20-10-9-19-11-14-28-23(19)17-20/h4-11,14,17,21,28H,12-13,15-16,18H2,1-3H3,(H,29,32). The first-order valence-corrected chi connectivity index (χ1v) is 11.9. The third-order valence-corrected chi connectivity index (χ3v) is 5.93. The van der Waals surface area contributed by atoms with Crippen molar-refractivity contribution in [3.8, 4) is 0 Å². The molecule has 0 radical (unpaired) electrons. The largest absolute Gasteiger partial charge is 0.444 e. The molecule has 8 nitrogen and oxygen atoms in total. The zero-order valence-corrected chi connectivity index (χ0v) is 20.4. The molecule has 0 saturated carbocycles. The first kappa shape index (κ1) is 24.3. The van der Waals surface area contributed by atoms with Gasteiger partial charge < -0.3 is 19.9 Å². The average molecular weight is 477 g/mol. The van der Waals surface area contributed by atoms with Crippen molar-refractivity contribution in [3.05, 3.63) is 66.4 Å². The Morgan fingerprint density at radius 1 is 1.06 bits per heavy atom. The van der Waals surface area contributed by atoms with Gasteiger partial charge in [0, 0.05) is 42.1 Å². The Balaban J connectivity index is 1.40. The van der Waals surface area contributed by atoms with Crippen LogP contribution in [-0.2, 0) is 9.53 Å². The van der Waals surface area contributed by atoms with Gasteiger partial charge in [-0.15, -0.1) is 0 Å². The van der Waals surface area contributed by atoms with E-state index in [4.69, 9.17) is 4.74 Å². The van der Waals surface area contributed by atoms with Gasteiger partial charge in [-0.3, -0.25) is 14.5 Å². The van der Waals surface area contributed by atoms with E-state index in [1.807, 2.05) is 69.4 Å². The molecule has 0 unspecified atom stereocenters. The summed E-state index contributed by atoms with van der Waals surface area (Å²) < 4.78 is 5.44. The summed E-state index contributed by atoms with van der Waals surface area (Å²) in [6.07, 6.45) is 2.76. The van der Waals surface area contributed by atoms with Crippen LogP contribution in [0.4, 0.5) is 10.5 Å². The summed E-state index contributed by atoms with van der Waals surface area (Å²) in [5.41, 5.74) is 1.48. The number of amides is 3. The van der Waals surface area contributed by atoms with Gasteiger partial charge >= 0.3 is 6.09 Å². The van der Waals surface area contributed by atoms with Crippen LogP contribution in [0.1, 0.15) is 44.0 Å². The lowest BCUT2D eigenvalue weighted by atomic mass is 10.1. The van der Waals surface area contributed by atoms with Gasteiger partial charge in [0.05, 0.1) is 0 Å². The minimum Gasteiger partial charge on any atom is -0.444 e. The number of H-pyrrole nitrogens is 1. The molecule has 1 aliphatic rings. The molecule has 3 aromatic rings. The third kappa shape index (κ3) is 6.20. The molecule has 35 heavy (non-hydrogen) atoms. The molecule has 8 heteroatoms. The molecule has 2 heterocycles. The number of ether oxygens (including phenoxy) is 1. The number of likely N-dealkylation sites (tertiary alicyclic amines) is 1. The fraction of sp³-hybridized carbons (Fsp3) is 0.370. The van der Waals surface area contributed by atoms with Crippen LogP contribution in [-0.4, -0.2) is 59.1 Å². The lowest BCUT2D eigenvalue weighted by Gasteiger charge is -2.34. The highest BCUT2D eigenvalue weighted by atomic mass is 16.6. The maximum atomic E-state index is 13.4. The molecule has 184 valence electrons. The Hall–Kier alpha value is -3.81. The van der Waals surface area contributed by atoms with Crippen molar-refractivity contribution >= 4 is 34.5 Å². The van der Waals surface area contributed by atoms with Crippen LogP contribution in [0.15, 0.2) is 60.8 Å². The molecule has 1 fully saturated rings. The molecule has 1 aliphatic heterocycles. The summed E-state index contributed by atoms with van der Waals surface area (Å²) in [4.78, 5) is 45.0. The second kappa shape index (κ2) is 10.2. The van der Waals surface area contributed by atoms with E-state index < -0.39 is 5.60 Å². The van der Waals surface area contributed by atoms with Crippen LogP contribution in [0.5, 0.6) is 0 Å². The van der Waals surface area contributed by atoms with E-state index in [9.17, 15) is 14.4 Å². The molecule has 2 aromatic carbocycles. The van der Waals surface area contributed by atoms with E-state index in [0.717, 1.165) is 10.9 Å². The molecule has 2 N–H and O–H groups in total. The lowest BCUT2D eigenvalue weighted by Crippen LogP contribution is -2.50. The highest BCUT2D eigenvalue weighted by molar-refractivity contribution is 6.10. The van der Waals surface area contributed by atoms with Gasteiger partial charge in [-0.2, -0.15) is 0 Å². The van der Waals surface area contributed by atoms with Crippen LogP contribution in [0.2, 0.25) is 0 Å². The van der Waals surface area contributed by atoms with E-state index >= 15 is 0 Å². The fourth-order valence-electron chi connectivity index (χ4n) is 4.17. The maximum absolute atomic E-state index is 13.4. The van der Waals surface area contributed by atoms with Crippen LogP contribution < -0.4 is 10.2 Å². The molecule has 0 spiro atoms. The lowest BCUT2D eigenvalue weighted by molar-refractivity contribution is -0.120. The molecule has 0 atom stereocenters. The number of carbonyl (C=O) groups is 3. The molecular formula is C27H32N4O4. The van der Waals surface area contributed by atoms with Crippen LogP contribution >= 0.6 is 0 Å². The van der Waals surface area contributed by atoms with Crippen molar-refractivity contribution < 1.29 is 19.1 Å². The van der Waals surface area contributed by atoms with Crippen molar-refractivity contribution in [2.24, 2.45) is 0 Å². The van der Waals surface area contributed by atoms with Gasteiger partial charge in [0.2, 0.25) is 5.91 Å². The number of nitrogens with one attached hydrogen (secondary N) is 2. The smallest absolute Gasteiger partial charge is 0.410 e. The van der Waals surface area contributed by atoms with Gasteiger partial charge in [0.15, 0.2) is 0 Å². The van der Waals surface area contributed by atoms with Crippen molar-refractivity contribution in [2.75, 3.05) is 24.5 Å². The quantitative estimate of drug-likeness (QED) is 0.573. The zero-order valence-electron chi connectivity index (χ0n) is 20.4. The number of benzene rings is 2. The van der Waals surface area contributed by atoms with Crippen LogP contribution in [0.3, 0.4) is 0 Å². The maximum Gasteiger partial charge on any atom is 0.410 e. The molecule has 4 rings (SSSR count). The van der Waals surface area contributed by atoms with Crippen molar-refractivity contribution in [1.29, 1.82) is 0 Å². The van der Waals surface area contributed by atoms with E-state index in [0.29, 0.717) is 37.2 Å². The summed E-state index contributed by atoms with van der Waals surface area (Å²) in [6, 6.07) is 16.5. The second-order valence-electron chi connectivity index (χ2n) is 9.82. The Bertz CT molecular complexity index is 1190. The number of carbonyl (C=O) groups excluding carboxylic acids is 3. The second-order valence-corrected chi connectivity index (χ2v) is 9.82. The average Bonchev–Trinajstić information content (AvgIpc) is 3.30. The number of nitrogens with zero attached hydrogens (tertiary/aromatic N) is 2. The number of aromatic nitrogens is 1. The van der Waals surface area contributed by atoms with Gasteiger partial charge in [0.1, 0.15) is 12.1 Å². The number of aromatic amines is 1. The molecule has 0 bridgehead atoms. The summed E-state index contributed by atoms with van der Waals surface area (Å²) >= 11 is 0. The van der Waals surface area contributed by atoms with Crippen molar-refractivity contribution in [2.45, 2.75) is 45.3 Å². The third-order valence-electron chi connectivity index (χ3n) is 5.93. The minimum atomic E-state index is -0.541. The molecule has 3 amide bonds. The predicted molar refractivity (Wildman–Crippen MR) is 135 cm³/mol. The summed E-state index contributed by atoms with van der Waals surface area (Å²) in [5, 5.41) is 4.06. The number of para-hydroxylation sites is 1. The molecule has 1 aromatic heterocycles. The highest BCUT2D eigenvalue weighted by Crippen LogP contribution is 2.21. The number of hydrogen-bond donors (Lipinski definition) is 2. The number of anilines is 1. The Kier molecular flexibility index (Phi) is 7.10. The number of fused-ring (bicyclic) bond motifs is 1. The minimum absolute atomic E-state index is 0.0656. The first-order valence-electron chi connectivity index (χ1n) is 11.9. The number of piperidine rings is 1. The summed E-state index contributed by atoms with van der Waals surface area (Å²) in [6.45, 7) is 6.45. The van der Waals surface area contributed by atoms with Gasteiger partial charge in [0.25, 0.3) is 5.91 Å². The normalized spacial score (nSPS) is 14.5. The first-order chi connectivity index (χ1) is 16.7. The molecule has 1 saturated heterocycles. The monoisotopic (exact) mass is 476 g/mol. The number of hydrogen-bond acceptors (Lipinski definition) is 4. The van der Waals surface area contributed by atoms with Crippen molar-refractivity contribution in [3.63, 3.8) is 0 Å². The van der Waals surface area contributed by atoms with Crippen molar-refractivity contribution in [1.82, 2.24) is 15.2 Å². The number of rotatable bonds is 5. The Labute approximate surface area is 205 Å². The topological polar surface area (TPSA) is 94.7 Å².